The summed E-state index contributed by atoms with van der Waals surface area (Å²) in [5.41, 5.74) is 6.08. The first-order valence-electron chi connectivity index (χ1n) is 9.38. The monoisotopic (exact) mass is 432 g/mol. The quantitative estimate of drug-likeness (QED) is 0.641. The predicted octanol–water partition coefficient (Wildman–Crippen LogP) is 3.38. The van der Waals surface area contributed by atoms with Crippen LogP contribution in [-0.2, 0) is 30.8 Å². The smallest absolute Gasteiger partial charge is 0.475 e. The molecule has 2 aromatic carbocycles. The lowest BCUT2D eigenvalue weighted by molar-refractivity contribution is -0.192. The van der Waals surface area contributed by atoms with E-state index in [4.69, 9.17) is 9.90 Å². The van der Waals surface area contributed by atoms with Gasteiger partial charge in [-0.3, -0.25) is 0 Å². The highest BCUT2D eigenvalue weighted by Crippen LogP contribution is 2.27. The Balaban J connectivity index is 0.000000339. The van der Waals surface area contributed by atoms with Crippen molar-refractivity contribution in [3.63, 3.8) is 0 Å². The number of carbonyl (C=O) groups excluding carboxylic acids is 1. The van der Waals surface area contributed by atoms with Gasteiger partial charge in [0.1, 0.15) is 0 Å². The van der Waals surface area contributed by atoms with Crippen LogP contribution in [0.25, 0.3) is 0 Å². The molecular weight excluding hydrogens is 413 g/mol. The van der Waals surface area contributed by atoms with Gasteiger partial charge in [-0.05, 0) is 53.4 Å². The molecular formula is C21H19F3N4O3. The maximum Gasteiger partial charge on any atom is 0.490 e. The Hall–Kier alpha value is -3.58. The lowest BCUT2D eigenvalue weighted by atomic mass is 10.0. The number of carboxylic acids is 1. The maximum atomic E-state index is 12.6. The van der Waals surface area contributed by atoms with Crippen LogP contribution < -0.4 is 10.6 Å². The number of aliphatic carboxylic acids is 1. The molecule has 10 heteroatoms. The Morgan fingerprint density at radius 3 is 2.55 bits per heavy atom. The van der Waals surface area contributed by atoms with Crippen molar-refractivity contribution < 1.29 is 27.9 Å². The number of anilines is 1. The van der Waals surface area contributed by atoms with Gasteiger partial charge in [0.2, 0.25) is 0 Å². The first-order chi connectivity index (χ1) is 14.7. The molecule has 2 aliphatic heterocycles. The van der Waals surface area contributed by atoms with Crippen molar-refractivity contribution in [3.05, 3.63) is 64.2 Å². The number of benzene rings is 2. The maximum absolute atomic E-state index is 12.6. The van der Waals surface area contributed by atoms with Crippen molar-refractivity contribution >= 4 is 17.7 Å². The molecule has 3 N–H and O–H groups in total. The van der Waals surface area contributed by atoms with Gasteiger partial charge in [0.15, 0.2) is 0 Å². The molecule has 31 heavy (non-hydrogen) atoms. The normalized spacial score (nSPS) is 14.5. The number of urea groups is 1. The van der Waals surface area contributed by atoms with Crippen molar-refractivity contribution in [1.82, 2.24) is 10.2 Å². The fourth-order valence-electron chi connectivity index (χ4n) is 3.43. The van der Waals surface area contributed by atoms with Gasteiger partial charge in [-0.15, -0.1) is 0 Å². The number of halogens is 3. The largest absolute Gasteiger partial charge is 0.490 e. The summed E-state index contributed by atoms with van der Waals surface area (Å²) in [6.07, 6.45) is -4.05. The lowest BCUT2D eigenvalue weighted by Gasteiger charge is -2.20. The van der Waals surface area contributed by atoms with E-state index in [2.05, 4.69) is 22.8 Å². The van der Waals surface area contributed by atoms with Gasteiger partial charge < -0.3 is 20.6 Å². The van der Waals surface area contributed by atoms with Crippen molar-refractivity contribution in [1.29, 1.82) is 5.26 Å². The van der Waals surface area contributed by atoms with Crippen molar-refractivity contribution in [2.45, 2.75) is 32.2 Å². The minimum Gasteiger partial charge on any atom is -0.475 e. The summed E-state index contributed by atoms with van der Waals surface area (Å²) in [7, 11) is 0. The third kappa shape index (κ3) is 5.32. The molecule has 0 atom stereocenters. The molecule has 7 nitrogen and oxygen atoms in total. The zero-order valence-corrected chi connectivity index (χ0v) is 16.3. The van der Waals surface area contributed by atoms with Crippen LogP contribution in [0.3, 0.4) is 0 Å². The van der Waals surface area contributed by atoms with E-state index in [0.717, 1.165) is 36.3 Å². The molecule has 0 spiro atoms. The highest BCUT2D eigenvalue weighted by molar-refractivity contribution is 5.90. The predicted molar refractivity (Wildman–Crippen MR) is 105 cm³/mol. The highest BCUT2D eigenvalue weighted by Gasteiger charge is 2.38. The number of nitriles is 1. The van der Waals surface area contributed by atoms with Gasteiger partial charge in [0, 0.05) is 25.3 Å². The van der Waals surface area contributed by atoms with Gasteiger partial charge in [0.25, 0.3) is 0 Å². The Morgan fingerprint density at radius 1 is 1.13 bits per heavy atom. The molecule has 0 saturated carbocycles. The number of carboxylic acid groups (broad SMARTS) is 1. The average molecular weight is 432 g/mol. The third-order valence-corrected chi connectivity index (χ3v) is 4.98. The molecule has 2 aromatic rings. The van der Waals surface area contributed by atoms with Crippen molar-refractivity contribution in [3.8, 4) is 6.07 Å². The van der Waals surface area contributed by atoms with Gasteiger partial charge in [-0.25, -0.2) is 9.59 Å². The number of fused-ring (bicyclic) bond motifs is 2. The van der Waals surface area contributed by atoms with E-state index in [1.807, 2.05) is 24.3 Å². The van der Waals surface area contributed by atoms with E-state index in [9.17, 15) is 23.2 Å². The third-order valence-electron chi connectivity index (χ3n) is 4.98. The van der Waals surface area contributed by atoms with Crippen LogP contribution in [0.2, 0.25) is 0 Å². The molecule has 4 rings (SSSR count). The van der Waals surface area contributed by atoms with Crippen LogP contribution in [0.1, 0.15) is 27.8 Å². The minimum atomic E-state index is -5.08. The molecule has 2 aliphatic rings. The molecule has 2 amide bonds. The number of hydrogen-bond acceptors (Lipinski definition) is 4. The van der Waals surface area contributed by atoms with Crippen LogP contribution in [0.15, 0.2) is 36.4 Å². The summed E-state index contributed by atoms with van der Waals surface area (Å²) in [5, 5.41) is 22.7. The number of alkyl halides is 3. The summed E-state index contributed by atoms with van der Waals surface area (Å²) in [6.45, 7) is 2.88. The standard InChI is InChI=1S/C19H18N4O.C2HF3O2/c20-9-14-2-1-3-15-11-23(12-18(14)15)19(24)22-17-5-4-13-6-7-21-10-16(13)8-17;3-2(4,5)1(6)7/h1-5,8,21H,6-7,10-12H2,(H,22,24);(H,6,7). The zero-order valence-electron chi connectivity index (χ0n) is 16.3. The minimum absolute atomic E-state index is 0.126. The number of amides is 2. The van der Waals surface area contributed by atoms with Crippen LogP contribution in [0, 0.1) is 11.3 Å². The number of nitrogens with zero attached hydrogens (tertiary/aromatic N) is 2. The fraction of sp³-hybridized carbons (Fsp3) is 0.286. The molecule has 0 bridgehead atoms. The molecule has 0 saturated heterocycles. The summed E-state index contributed by atoms with van der Waals surface area (Å²) in [5.74, 6) is -2.76. The zero-order chi connectivity index (χ0) is 22.6. The van der Waals surface area contributed by atoms with Crippen LogP contribution in [-0.4, -0.2) is 34.7 Å². The first kappa shape index (κ1) is 22.1. The van der Waals surface area contributed by atoms with Gasteiger partial charge >= 0.3 is 18.2 Å². The van der Waals surface area contributed by atoms with E-state index in [1.165, 1.54) is 11.1 Å². The highest BCUT2D eigenvalue weighted by atomic mass is 19.4. The van der Waals surface area contributed by atoms with Gasteiger partial charge in [-0.2, -0.15) is 18.4 Å². The summed E-state index contributed by atoms with van der Waals surface area (Å²) in [4.78, 5) is 23.2. The second kappa shape index (κ2) is 9.06. The van der Waals surface area contributed by atoms with Gasteiger partial charge in [0.05, 0.1) is 11.6 Å². The average Bonchev–Trinajstić information content (AvgIpc) is 3.18. The molecule has 2 heterocycles. The van der Waals surface area contributed by atoms with E-state index in [0.29, 0.717) is 18.7 Å². The molecule has 0 fully saturated rings. The number of hydrogen-bond donors (Lipinski definition) is 3. The second-order valence-electron chi connectivity index (χ2n) is 7.05. The second-order valence-corrected chi connectivity index (χ2v) is 7.05. The van der Waals surface area contributed by atoms with Crippen molar-refractivity contribution in [2.24, 2.45) is 0 Å². The number of rotatable bonds is 1. The Labute approximate surface area is 176 Å². The number of nitrogens with one attached hydrogen (secondary N) is 2. The summed E-state index contributed by atoms with van der Waals surface area (Å²) in [6, 6.07) is 13.8. The SMILES string of the molecule is N#Cc1cccc2c1CN(C(=O)Nc1ccc3c(c1)CNCC3)C2.O=C(O)C(F)(F)F. The Morgan fingerprint density at radius 2 is 1.87 bits per heavy atom. The van der Waals surface area contributed by atoms with Gasteiger partial charge in [-0.1, -0.05) is 18.2 Å². The Bertz CT molecular complexity index is 1050. The summed E-state index contributed by atoms with van der Waals surface area (Å²) >= 11 is 0. The molecule has 0 unspecified atom stereocenters. The summed E-state index contributed by atoms with van der Waals surface area (Å²) < 4.78 is 31.7. The van der Waals surface area contributed by atoms with E-state index < -0.39 is 12.1 Å². The van der Waals surface area contributed by atoms with Crippen LogP contribution in [0.5, 0.6) is 0 Å². The number of carbonyl (C=O) groups is 2. The molecule has 0 aromatic heterocycles. The lowest BCUT2D eigenvalue weighted by Crippen LogP contribution is -2.30. The van der Waals surface area contributed by atoms with E-state index in [1.54, 1.807) is 11.0 Å². The van der Waals surface area contributed by atoms with E-state index in [-0.39, 0.29) is 6.03 Å². The van der Waals surface area contributed by atoms with E-state index >= 15 is 0 Å². The molecule has 162 valence electrons. The van der Waals surface area contributed by atoms with Crippen LogP contribution in [0.4, 0.5) is 23.7 Å². The molecule has 0 aliphatic carbocycles. The molecule has 0 radical (unpaired) electrons. The topological polar surface area (TPSA) is 105 Å². The first-order valence-corrected chi connectivity index (χ1v) is 9.38. The Kier molecular flexibility index (Phi) is 6.46. The van der Waals surface area contributed by atoms with Crippen molar-refractivity contribution in [2.75, 3.05) is 11.9 Å². The fourth-order valence-corrected chi connectivity index (χ4v) is 3.43. The van der Waals surface area contributed by atoms with Crippen LogP contribution >= 0.6 is 0 Å².